The predicted molar refractivity (Wildman–Crippen MR) is 226 cm³/mol. The van der Waals surface area contributed by atoms with Crippen LogP contribution < -0.4 is 0 Å². The maximum atomic E-state index is 10.1. The minimum atomic E-state index is 0.572. The van der Waals surface area contributed by atoms with Crippen LogP contribution in [0.4, 0.5) is 5.69 Å². The van der Waals surface area contributed by atoms with Gasteiger partial charge < -0.3 is 13.7 Å². The topological polar surface area (TPSA) is 42.9 Å². The highest BCUT2D eigenvalue weighted by Gasteiger charge is 2.19. The second-order valence-corrected chi connectivity index (χ2v) is 14.0. The number of nitrogens with zero attached hydrogens (tertiary/aromatic N) is 5. The first-order valence-corrected chi connectivity index (χ1v) is 18.3. The molecule has 0 radical (unpaired) electrons. The Morgan fingerprint density at radius 3 is 1.55 bits per heavy atom. The van der Waals surface area contributed by atoms with Gasteiger partial charge in [-0.2, -0.15) is 5.26 Å². The molecule has 55 heavy (non-hydrogen) atoms. The van der Waals surface area contributed by atoms with Crippen LogP contribution >= 0.6 is 0 Å². The summed E-state index contributed by atoms with van der Waals surface area (Å²) in [5.74, 6) is 0. The molecule has 0 unspecified atom stereocenters. The Morgan fingerprint density at radius 1 is 0.418 bits per heavy atom. The van der Waals surface area contributed by atoms with Crippen molar-refractivity contribution in [1.82, 2.24) is 13.7 Å². The molecule has 5 nitrogen and oxygen atoms in total. The van der Waals surface area contributed by atoms with Crippen LogP contribution in [0.3, 0.4) is 0 Å². The molecule has 0 atom stereocenters. The Labute approximate surface area is 316 Å². The molecule has 3 aromatic heterocycles. The van der Waals surface area contributed by atoms with Crippen molar-refractivity contribution in [2.75, 3.05) is 0 Å². The summed E-state index contributed by atoms with van der Waals surface area (Å²) in [6.45, 7) is 8.36. The van der Waals surface area contributed by atoms with Gasteiger partial charge in [-0.25, -0.2) is 4.85 Å². The van der Waals surface area contributed by atoms with Gasteiger partial charge in [-0.15, -0.1) is 0 Å². The van der Waals surface area contributed by atoms with E-state index in [9.17, 15) is 5.26 Å². The Bertz CT molecular complexity index is 3420. The van der Waals surface area contributed by atoms with Gasteiger partial charge in [0.05, 0.1) is 45.2 Å². The van der Waals surface area contributed by atoms with E-state index in [4.69, 9.17) is 6.57 Å². The Kier molecular flexibility index (Phi) is 6.61. The lowest BCUT2D eigenvalue weighted by atomic mass is 10.0. The van der Waals surface area contributed by atoms with Gasteiger partial charge in [0.25, 0.3) is 0 Å². The summed E-state index contributed by atoms with van der Waals surface area (Å²) in [7, 11) is 0. The van der Waals surface area contributed by atoms with Crippen LogP contribution in [0.2, 0.25) is 0 Å². The molecule has 0 aliphatic carbocycles. The summed E-state index contributed by atoms with van der Waals surface area (Å²) < 4.78 is 6.80. The van der Waals surface area contributed by atoms with E-state index in [1.165, 1.54) is 21.8 Å². The monoisotopic (exact) mass is 699 g/mol. The summed E-state index contributed by atoms with van der Waals surface area (Å²) in [4.78, 5) is 4.09. The fraction of sp³-hybridized carbons (Fsp3) is 0. The van der Waals surface area contributed by atoms with E-state index in [-0.39, 0.29) is 0 Å². The third kappa shape index (κ3) is 4.45. The van der Waals surface area contributed by atoms with Gasteiger partial charge in [-0.3, -0.25) is 0 Å². The maximum Gasteiger partial charge on any atom is 0.196 e. The average Bonchev–Trinajstić information content (AvgIpc) is 3.89. The van der Waals surface area contributed by atoms with Crippen molar-refractivity contribution in [1.29, 1.82) is 5.26 Å². The maximum absolute atomic E-state index is 10.1. The van der Waals surface area contributed by atoms with Crippen LogP contribution in [0, 0.1) is 17.9 Å². The molecule has 0 bridgehead atoms. The van der Waals surface area contributed by atoms with Crippen LogP contribution in [0.1, 0.15) is 5.56 Å². The normalized spacial score (nSPS) is 11.6. The van der Waals surface area contributed by atoms with Crippen LogP contribution in [0.25, 0.3) is 98.5 Å². The largest absolute Gasteiger partial charge is 0.311 e. The molecule has 0 aliphatic rings. The second kappa shape index (κ2) is 11.8. The smallest absolute Gasteiger partial charge is 0.196 e. The highest BCUT2D eigenvalue weighted by molar-refractivity contribution is 6.13. The zero-order valence-electron chi connectivity index (χ0n) is 29.5. The van der Waals surface area contributed by atoms with Gasteiger partial charge in [0.1, 0.15) is 6.07 Å². The van der Waals surface area contributed by atoms with Crippen molar-refractivity contribution in [2.45, 2.75) is 0 Å². The molecule has 0 aliphatic heterocycles. The third-order valence-electron chi connectivity index (χ3n) is 11.1. The van der Waals surface area contributed by atoms with Crippen molar-refractivity contribution in [3.8, 4) is 34.3 Å². The molecule has 0 saturated heterocycles. The number of aromatic nitrogens is 3. The first-order valence-electron chi connectivity index (χ1n) is 18.3. The molecule has 11 rings (SSSR count). The van der Waals surface area contributed by atoms with E-state index < -0.39 is 0 Å². The molecule has 3 heterocycles. The number of hydrogen-bond donors (Lipinski definition) is 0. The van der Waals surface area contributed by atoms with Crippen molar-refractivity contribution < 1.29 is 0 Å². The minimum absolute atomic E-state index is 0.572. The van der Waals surface area contributed by atoms with Gasteiger partial charge in [-0.05, 0) is 83.9 Å². The van der Waals surface area contributed by atoms with Gasteiger partial charge in [-0.1, -0.05) is 103 Å². The number of nitriles is 1. The minimum Gasteiger partial charge on any atom is -0.311 e. The molecule has 8 aromatic carbocycles. The van der Waals surface area contributed by atoms with Gasteiger partial charge in [0.15, 0.2) is 5.69 Å². The molecule has 0 spiro atoms. The molecule has 5 heteroatoms. The fourth-order valence-electron chi connectivity index (χ4n) is 8.76. The zero-order valence-corrected chi connectivity index (χ0v) is 29.5. The number of fused-ring (bicyclic) bond motifs is 9. The summed E-state index contributed by atoms with van der Waals surface area (Å²) in [5.41, 5.74) is 12.4. The van der Waals surface area contributed by atoms with E-state index in [1.807, 2.05) is 36.4 Å². The molecule has 254 valence electrons. The number of benzene rings is 8. The standard InChI is InChI=1S/C50H29N5/c1-52-44-30-36(24-26-37(44)32-12-10-14-34(28-32)55-48-23-9-4-17-40(48)42-19-11-13-33(31-51)50(42)55)54-47-22-8-5-18-41(47)43-29-35(25-27-49(43)54)53-45-20-6-2-15-38(45)39-16-3-7-21-46(39)53/h2-30H. The highest BCUT2D eigenvalue weighted by atomic mass is 15.0. The predicted octanol–water partition coefficient (Wildman–Crippen LogP) is 13.1. The summed E-state index contributed by atoms with van der Waals surface area (Å²) in [6.07, 6.45) is 0. The van der Waals surface area contributed by atoms with Crippen molar-refractivity contribution in [3.63, 3.8) is 0 Å². The van der Waals surface area contributed by atoms with Crippen LogP contribution in [0.5, 0.6) is 0 Å². The molecule has 11 aromatic rings. The summed E-state index contributed by atoms with van der Waals surface area (Å²) in [5, 5.41) is 17.0. The van der Waals surface area contributed by atoms with E-state index >= 15 is 0 Å². The van der Waals surface area contributed by atoms with Crippen LogP contribution in [-0.2, 0) is 0 Å². The highest BCUT2D eigenvalue weighted by Crippen LogP contribution is 2.40. The number of hydrogen-bond acceptors (Lipinski definition) is 1. The SMILES string of the molecule is [C-]#[N+]c1cc(-n2c3ccccc3c3cc(-n4c5ccccc5c5ccccc54)ccc32)ccc1-c1cccc(-n2c3ccccc3c3cccc(C#N)c32)c1. The number of para-hydroxylation sites is 5. The van der Waals surface area contributed by atoms with E-state index in [1.54, 1.807) is 0 Å². The van der Waals surface area contributed by atoms with Crippen molar-refractivity contribution in [3.05, 3.63) is 193 Å². The van der Waals surface area contributed by atoms with E-state index in [0.717, 1.165) is 71.8 Å². The van der Waals surface area contributed by atoms with Gasteiger partial charge in [0.2, 0.25) is 0 Å². The summed E-state index contributed by atoms with van der Waals surface area (Å²) in [6, 6.07) is 63.5. The van der Waals surface area contributed by atoms with Crippen molar-refractivity contribution >= 4 is 71.1 Å². The first-order chi connectivity index (χ1) is 27.2. The zero-order chi connectivity index (χ0) is 36.6. The third-order valence-corrected chi connectivity index (χ3v) is 11.1. The molecule has 0 fully saturated rings. The quantitative estimate of drug-likeness (QED) is 0.169. The lowest BCUT2D eigenvalue weighted by Crippen LogP contribution is -1.97. The second-order valence-electron chi connectivity index (χ2n) is 14.0. The molecule has 0 saturated carbocycles. The van der Waals surface area contributed by atoms with E-state index in [2.05, 4.69) is 164 Å². The molecular weight excluding hydrogens is 671 g/mol. The van der Waals surface area contributed by atoms with Crippen LogP contribution in [0.15, 0.2) is 176 Å². The lowest BCUT2D eigenvalue weighted by molar-refractivity contribution is 1.17. The Balaban J connectivity index is 1.07. The lowest BCUT2D eigenvalue weighted by Gasteiger charge is -2.14. The van der Waals surface area contributed by atoms with Gasteiger partial charge >= 0.3 is 0 Å². The van der Waals surface area contributed by atoms with Gasteiger partial charge in [0, 0.05) is 49.4 Å². The molecular formula is C50H29N5. The Hall–Kier alpha value is -7.86. The molecule has 0 N–H and O–H groups in total. The Morgan fingerprint density at radius 2 is 0.909 bits per heavy atom. The van der Waals surface area contributed by atoms with E-state index in [0.29, 0.717) is 11.3 Å². The molecule has 0 amide bonds. The first kappa shape index (κ1) is 30.7. The van der Waals surface area contributed by atoms with Crippen LogP contribution in [-0.4, -0.2) is 13.7 Å². The average molecular weight is 700 g/mol. The fourth-order valence-corrected chi connectivity index (χ4v) is 8.76. The summed E-state index contributed by atoms with van der Waals surface area (Å²) >= 11 is 0. The number of rotatable bonds is 4. The van der Waals surface area contributed by atoms with Crippen molar-refractivity contribution in [2.24, 2.45) is 0 Å².